The van der Waals surface area contributed by atoms with Crippen LogP contribution in [0.3, 0.4) is 0 Å². The van der Waals surface area contributed by atoms with E-state index in [4.69, 9.17) is 47.4 Å². The predicted molar refractivity (Wildman–Crippen MR) is 312 cm³/mol. The number of ether oxygens (including phenoxy) is 10. The Morgan fingerprint density at radius 2 is 0.541 bits per heavy atom. The zero-order valence-electron chi connectivity index (χ0n) is 47.4. The zero-order valence-corrected chi connectivity index (χ0v) is 47.4. The number of carbonyl (C=O) groups is 8. The van der Waals surface area contributed by atoms with Gasteiger partial charge in [0.25, 0.3) is 0 Å². The van der Waals surface area contributed by atoms with Crippen LogP contribution in [0.1, 0.15) is 140 Å². The van der Waals surface area contributed by atoms with Crippen LogP contribution in [-0.4, -0.2) is 87.4 Å². The van der Waals surface area contributed by atoms with E-state index >= 15 is 0 Å². The van der Waals surface area contributed by atoms with Gasteiger partial charge in [-0.1, -0.05) is 45.8 Å². The minimum Gasteiger partial charge on any atom is -0.494 e. The molecule has 0 aromatic heterocycles. The number of hydrogen-bond acceptors (Lipinski definition) is 18. The summed E-state index contributed by atoms with van der Waals surface area (Å²) in [6, 6.07) is 36.9. The van der Waals surface area contributed by atoms with E-state index in [0.717, 1.165) is 44.3 Å². The fraction of sp³-hybridized carbons (Fsp3) is 0.284. The molecular formula is C67H68O18. The van der Waals surface area contributed by atoms with Gasteiger partial charge in [-0.25, -0.2) is 38.4 Å². The summed E-state index contributed by atoms with van der Waals surface area (Å²) in [6.45, 7) is 10.8. The van der Waals surface area contributed by atoms with Gasteiger partial charge in [0.05, 0.1) is 73.0 Å². The summed E-state index contributed by atoms with van der Waals surface area (Å²) in [5.74, 6) is -1.83. The monoisotopic (exact) mass is 1160 g/mol. The Morgan fingerprint density at radius 3 is 0.847 bits per heavy atom. The van der Waals surface area contributed by atoms with Crippen LogP contribution in [0, 0.1) is 5.92 Å². The molecule has 0 amide bonds. The number of hydrogen-bond donors (Lipinski definition) is 0. The van der Waals surface area contributed by atoms with Crippen LogP contribution in [0.25, 0.3) is 0 Å². The van der Waals surface area contributed by atoms with E-state index in [1.165, 1.54) is 97.1 Å². The molecule has 18 nitrogen and oxygen atoms in total. The highest BCUT2D eigenvalue weighted by Gasteiger charge is 2.17. The molecule has 0 heterocycles. The van der Waals surface area contributed by atoms with Gasteiger partial charge in [0.15, 0.2) is 0 Å². The Kier molecular flexibility index (Phi) is 26.7. The van der Waals surface area contributed by atoms with E-state index < -0.39 is 47.8 Å². The van der Waals surface area contributed by atoms with E-state index in [1.807, 2.05) is 0 Å². The first-order valence-electron chi connectivity index (χ1n) is 27.9. The van der Waals surface area contributed by atoms with Crippen molar-refractivity contribution in [3.63, 3.8) is 0 Å². The molecule has 6 aromatic carbocycles. The lowest BCUT2D eigenvalue weighted by Gasteiger charge is -2.11. The molecule has 6 aromatic rings. The van der Waals surface area contributed by atoms with Crippen LogP contribution < -0.4 is 28.4 Å². The van der Waals surface area contributed by atoms with Gasteiger partial charge in [0, 0.05) is 12.2 Å². The maximum absolute atomic E-state index is 12.8. The Morgan fingerprint density at radius 1 is 0.306 bits per heavy atom. The summed E-state index contributed by atoms with van der Waals surface area (Å²) in [6.07, 6.45) is 11.0. The van der Waals surface area contributed by atoms with Crippen molar-refractivity contribution in [1.82, 2.24) is 0 Å². The van der Waals surface area contributed by atoms with Crippen molar-refractivity contribution < 1.29 is 85.7 Å². The number of unbranched alkanes of at least 4 members (excludes halogenated alkanes) is 5. The summed E-state index contributed by atoms with van der Waals surface area (Å²) in [5, 5.41) is 0. The lowest BCUT2D eigenvalue weighted by molar-refractivity contribution is -0.138. The average Bonchev–Trinajstić information content (AvgIpc) is 3.71. The molecule has 0 aliphatic carbocycles. The molecule has 85 heavy (non-hydrogen) atoms. The maximum atomic E-state index is 12.8. The van der Waals surface area contributed by atoms with Crippen molar-refractivity contribution in [3.8, 4) is 34.5 Å². The molecule has 0 spiro atoms. The first-order valence-corrected chi connectivity index (χ1v) is 27.9. The maximum Gasteiger partial charge on any atom is 0.343 e. The second-order valence-electron chi connectivity index (χ2n) is 19.3. The zero-order chi connectivity index (χ0) is 60.6. The fourth-order valence-corrected chi connectivity index (χ4v) is 7.93. The molecule has 1 unspecified atom stereocenters. The number of esters is 8. The first kappa shape index (κ1) is 64.3. The number of benzene rings is 6. The van der Waals surface area contributed by atoms with Crippen molar-refractivity contribution in [2.45, 2.75) is 77.6 Å². The minimum absolute atomic E-state index is 0.222. The molecule has 0 saturated heterocycles. The largest absolute Gasteiger partial charge is 0.494 e. The smallest absolute Gasteiger partial charge is 0.343 e. The summed E-state index contributed by atoms with van der Waals surface area (Å²) in [4.78, 5) is 98.7. The first-order chi connectivity index (χ1) is 41.3. The van der Waals surface area contributed by atoms with Crippen LogP contribution in [0.5, 0.6) is 34.5 Å². The van der Waals surface area contributed by atoms with Gasteiger partial charge in [-0.15, -0.1) is 0 Å². The summed E-state index contributed by atoms with van der Waals surface area (Å²) in [5.41, 5.74) is 1.69. The third-order valence-corrected chi connectivity index (χ3v) is 12.7. The summed E-state index contributed by atoms with van der Waals surface area (Å²) >= 11 is 0. The number of carbonyl (C=O) groups excluding carboxylic acids is 8. The molecule has 0 saturated carbocycles. The second-order valence-corrected chi connectivity index (χ2v) is 19.3. The van der Waals surface area contributed by atoms with E-state index in [2.05, 4.69) is 20.1 Å². The Bertz CT molecular complexity index is 3150. The average molecular weight is 1160 g/mol. The normalized spacial score (nSPS) is 10.9. The Hall–Kier alpha value is -9.84. The van der Waals surface area contributed by atoms with E-state index in [1.54, 1.807) is 48.5 Å². The highest BCUT2D eigenvalue weighted by molar-refractivity contribution is 5.95. The van der Waals surface area contributed by atoms with Gasteiger partial charge < -0.3 is 47.4 Å². The van der Waals surface area contributed by atoms with Crippen molar-refractivity contribution in [2.75, 3.05) is 39.6 Å². The van der Waals surface area contributed by atoms with E-state index in [9.17, 15) is 38.4 Å². The molecule has 0 radical (unpaired) electrons. The molecule has 0 N–H and O–H groups in total. The van der Waals surface area contributed by atoms with Crippen molar-refractivity contribution in [1.29, 1.82) is 0 Å². The van der Waals surface area contributed by atoms with Crippen molar-refractivity contribution >= 4 is 47.8 Å². The molecule has 0 fully saturated rings. The van der Waals surface area contributed by atoms with Crippen molar-refractivity contribution in [2.24, 2.45) is 5.92 Å². The molecule has 0 aliphatic rings. The number of rotatable bonds is 35. The minimum atomic E-state index is -0.640. The van der Waals surface area contributed by atoms with Gasteiger partial charge in [0.1, 0.15) is 34.5 Å². The van der Waals surface area contributed by atoms with Crippen LogP contribution in [0.4, 0.5) is 0 Å². The highest BCUT2D eigenvalue weighted by Crippen LogP contribution is 2.23. The van der Waals surface area contributed by atoms with Crippen LogP contribution >= 0.6 is 0 Å². The fourth-order valence-electron chi connectivity index (χ4n) is 7.93. The summed E-state index contributed by atoms with van der Waals surface area (Å²) < 4.78 is 54.0. The third-order valence-electron chi connectivity index (χ3n) is 12.7. The lowest BCUT2D eigenvalue weighted by Crippen LogP contribution is -2.11. The SMILES string of the molecule is C=CC(=O)OCCCCOc1ccc(C(=O)Oc2ccc(C(=O)Oc3ccc(C(=O)OCCCCCC(C)CCCCOC(=O)c4ccc(OC(=O)c5ccc(OC(=O)c6ccc(OCCCCOC(=O)C=C)cc6)cc5)cc4)cc3)cc2)cc1. The summed E-state index contributed by atoms with van der Waals surface area (Å²) in [7, 11) is 0. The van der Waals surface area contributed by atoms with Gasteiger partial charge in [-0.05, 0) is 196 Å². The second kappa shape index (κ2) is 35.2. The standard InChI is InChI=1S/C67H68O18/c1-4-60(68)78-43-13-11-41-76-54-29-17-50(18-30-54)64(72)84-58-37-25-52(26-38-58)66(74)82-56-33-21-48(22-34-56)62(70)80-45-9-6-7-15-47(3)16-8-10-46-81-63(71)49-23-35-57(36-24-49)83-67(75)53-27-39-59(40-28-53)85-65(73)51-19-31-55(32-20-51)77-42-12-14-44-79-61(69)5-2/h4-5,17-40,47H,1-2,6-16,41-46H2,3H3. The topological polar surface area (TPSA) is 229 Å². The molecule has 18 heteroatoms. The van der Waals surface area contributed by atoms with Gasteiger partial charge in [-0.2, -0.15) is 0 Å². The lowest BCUT2D eigenvalue weighted by atomic mass is 9.97. The van der Waals surface area contributed by atoms with E-state index in [-0.39, 0.29) is 60.6 Å². The molecular weight excluding hydrogens is 1090 g/mol. The van der Waals surface area contributed by atoms with Gasteiger partial charge >= 0.3 is 47.8 Å². The molecule has 0 bridgehead atoms. The van der Waals surface area contributed by atoms with Crippen molar-refractivity contribution in [3.05, 3.63) is 204 Å². The Balaban J connectivity index is 0.765. The van der Waals surface area contributed by atoms with Crippen LogP contribution in [0.2, 0.25) is 0 Å². The van der Waals surface area contributed by atoms with Crippen LogP contribution in [-0.2, 0) is 28.5 Å². The highest BCUT2D eigenvalue weighted by atomic mass is 16.6. The molecule has 0 aliphatic heterocycles. The van der Waals surface area contributed by atoms with Gasteiger partial charge in [-0.3, -0.25) is 0 Å². The van der Waals surface area contributed by atoms with E-state index in [0.29, 0.717) is 91.4 Å². The third kappa shape index (κ3) is 23.1. The molecule has 1 atom stereocenters. The Labute approximate surface area is 493 Å². The molecule has 444 valence electrons. The molecule has 6 rings (SSSR count). The van der Waals surface area contributed by atoms with Gasteiger partial charge in [0.2, 0.25) is 0 Å². The predicted octanol–water partition coefficient (Wildman–Crippen LogP) is 12.7. The van der Waals surface area contributed by atoms with Crippen LogP contribution in [0.15, 0.2) is 171 Å². The quantitative estimate of drug-likeness (QED) is 0.0118.